The number of halogens is 1. The molecule has 18 heavy (non-hydrogen) atoms. The van der Waals surface area contributed by atoms with Crippen molar-refractivity contribution in [1.29, 1.82) is 0 Å². The van der Waals surface area contributed by atoms with Crippen LogP contribution in [0.25, 0.3) is 0 Å². The maximum absolute atomic E-state index is 12.6. The number of hydrogen-bond acceptors (Lipinski definition) is 2. The molecule has 0 aliphatic carbocycles. The molecular formula is C14H19BrN2O. The lowest BCUT2D eigenvalue weighted by molar-refractivity contribution is 0.0697. The zero-order chi connectivity index (χ0) is 13.1. The van der Waals surface area contributed by atoms with E-state index < -0.39 is 0 Å². The molecule has 1 heterocycles. The maximum atomic E-state index is 12.6. The highest BCUT2D eigenvalue weighted by atomic mass is 79.9. The van der Waals surface area contributed by atoms with Gasteiger partial charge in [-0.3, -0.25) is 4.79 Å². The van der Waals surface area contributed by atoms with Gasteiger partial charge >= 0.3 is 0 Å². The first-order valence-electron chi connectivity index (χ1n) is 6.45. The number of nitrogens with zero attached hydrogens (tertiary/aromatic N) is 1. The first-order valence-corrected chi connectivity index (χ1v) is 7.25. The number of benzene rings is 1. The molecule has 1 fully saturated rings. The Balaban J connectivity index is 2.26. The Morgan fingerprint density at radius 3 is 2.94 bits per heavy atom. The molecule has 0 spiro atoms. The minimum Gasteiger partial charge on any atom is -0.399 e. The number of nitrogen functional groups attached to an aromatic ring is 1. The van der Waals surface area contributed by atoms with E-state index >= 15 is 0 Å². The second-order valence-corrected chi connectivity index (χ2v) is 5.79. The van der Waals surface area contributed by atoms with Gasteiger partial charge < -0.3 is 10.6 Å². The molecule has 2 rings (SSSR count). The summed E-state index contributed by atoms with van der Waals surface area (Å²) in [5.41, 5.74) is 7.07. The minimum atomic E-state index is 0.0866. The highest BCUT2D eigenvalue weighted by Crippen LogP contribution is 2.24. The average Bonchev–Trinajstić information content (AvgIpc) is 2.56. The molecular weight excluding hydrogens is 292 g/mol. The van der Waals surface area contributed by atoms with Gasteiger partial charge in [-0.05, 0) is 53.9 Å². The van der Waals surface area contributed by atoms with Crippen molar-refractivity contribution >= 4 is 27.5 Å². The first kappa shape index (κ1) is 13.4. The van der Waals surface area contributed by atoms with E-state index in [0.717, 1.165) is 23.9 Å². The van der Waals surface area contributed by atoms with Crippen LogP contribution in [0.2, 0.25) is 0 Å². The molecule has 1 amide bonds. The zero-order valence-electron chi connectivity index (χ0n) is 10.7. The quantitative estimate of drug-likeness (QED) is 0.808. The normalized spacial score (nSPS) is 20.6. The topological polar surface area (TPSA) is 46.3 Å². The van der Waals surface area contributed by atoms with E-state index in [0.29, 0.717) is 17.3 Å². The Kier molecular flexibility index (Phi) is 4.27. The standard InChI is InChI=1S/C14H19BrN2O/c1-10-5-3-2-4-8-17(10)14(18)12-9-11(16)6-7-13(12)15/h6-7,9-10H,2-5,8,16H2,1H3. The van der Waals surface area contributed by atoms with Crippen LogP contribution in [0.15, 0.2) is 22.7 Å². The largest absolute Gasteiger partial charge is 0.399 e. The average molecular weight is 311 g/mol. The third kappa shape index (κ3) is 2.86. The van der Waals surface area contributed by atoms with E-state index in [2.05, 4.69) is 22.9 Å². The van der Waals surface area contributed by atoms with Gasteiger partial charge in [-0.2, -0.15) is 0 Å². The summed E-state index contributed by atoms with van der Waals surface area (Å²) < 4.78 is 0.818. The minimum absolute atomic E-state index is 0.0866. The number of amides is 1. The molecule has 1 aliphatic rings. The van der Waals surface area contributed by atoms with E-state index in [1.807, 2.05) is 11.0 Å². The SMILES string of the molecule is CC1CCCCCN1C(=O)c1cc(N)ccc1Br. The number of likely N-dealkylation sites (tertiary alicyclic amines) is 1. The van der Waals surface area contributed by atoms with Crippen molar-refractivity contribution in [3.05, 3.63) is 28.2 Å². The van der Waals surface area contributed by atoms with Gasteiger partial charge in [0.25, 0.3) is 5.91 Å². The third-order valence-corrected chi connectivity index (χ3v) is 4.23. The van der Waals surface area contributed by atoms with Crippen molar-refractivity contribution in [3.8, 4) is 0 Å². The summed E-state index contributed by atoms with van der Waals surface area (Å²) in [6.45, 7) is 2.98. The Morgan fingerprint density at radius 2 is 2.17 bits per heavy atom. The Morgan fingerprint density at radius 1 is 1.39 bits per heavy atom. The fourth-order valence-electron chi connectivity index (χ4n) is 2.44. The summed E-state index contributed by atoms with van der Waals surface area (Å²) in [5.74, 6) is 0.0866. The molecule has 98 valence electrons. The second kappa shape index (κ2) is 5.74. The van der Waals surface area contributed by atoms with E-state index in [1.165, 1.54) is 12.8 Å². The lowest BCUT2D eigenvalue weighted by Crippen LogP contribution is -2.38. The fraction of sp³-hybridized carbons (Fsp3) is 0.500. The Hall–Kier alpha value is -1.03. The lowest BCUT2D eigenvalue weighted by Gasteiger charge is -2.27. The molecule has 1 atom stereocenters. The van der Waals surface area contributed by atoms with E-state index in [4.69, 9.17) is 5.73 Å². The van der Waals surface area contributed by atoms with Crippen molar-refractivity contribution < 1.29 is 4.79 Å². The summed E-state index contributed by atoms with van der Waals surface area (Å²) in [7, 11) is 0. The summed E-state index contributed by atoms with van der Waals surface area (Å²) >= 11 is 3.43. The molecule has 1 unspecified atom stereocenters. The first-order chi connectivity index (χ1) is 8.59. The van der Waals surface area contributed by atoms with Crippen LogP contribution in [0.4, 0.5) is 5.69 Å². The summed E-state index contributed by atoms with van der Waals surface area (Å²) in [6.07, 6.45) is 4.61. The fourth-order valence-corrected chi connectivity index (χ4v) is 2.85. The predicted molar refractivity (Wildman–Crippen MR) is 77.5 cm³/mol. The summed E-state index contributed by atoms with van der Waals surface area (Å²) in [4.78, 5) is 14.6. The number of rotatable bonds is 1. The van der Waals surface area contributed by atoms with Gasteiger partial charge in [0.2, 0.25) is 0 Å². The van der Waals surface area contributed by atoms with E-state index in [1.54, 1.807) is 12.1 Å². The number of hydrogen-bond donors (Lipinski definition) is 1. The molecule has 0 radical (unpaired) electrons. The van der Waals surface area contributed by atoms with Gasteiger partial charge in [0.05, 0.1) is 5.56 Å². The van der Waals surface area contributed by atoms with Crippen LogP contribution in [0.5, 0.6) is 0 Å². The number of carbonyl (C=O) groups excluding carboxylic acids is 1. The second-order valence-electron chi connectivity index (χ2n) is 4.94. The van der Waals surface area contributed by atoms with Crippen LogP contribution < -0.4 is 5.73 Å². The summed E-state index contributed by atoms with van der Waals surface area (Å²) in [5, 5.41) is 0. The van der Waals surface area contributed by atoms with Crippen molar-refractivity contribution in [2.45, 2.75) is 38.6 Å². The van der Waals surface area contributed by atoms with Gasteiger partial charge in [0.1, 0.15) is 0 Å². The molecule has 1 aromatic carbocycles. The van der Waals surface area contributed by atoms with Crippen LogP contribution in [0.1, 0.15) is 43.0 Å². The van der Waals surface area contributed by atoms with Crippen LogP contribution in [-0.4, -0.2) is 23.4 Å². The molecule has 0 saturated carbocycles. The van der Waals surface area contributed by atoms with Gasteiger partial charge in [-0.25, -0.2) is 0 Å². The lowest BCUT2D eigenvalue weighted by atomic mass is 10.1. The molecule has 4 heteroatoms. The molecule has 0 aromatic heterocycles. The molecule has 1 aromatic rings. The Labute approximate surface area is 116 Å². The van der Waals surface area contributed by atoms with E-state index in [-0.39, 0.29) is 5.91 Å². The number of nitrogens with two attached hydrogens (primary N) is 1. The van der Waals surface area contributed by atoms with Gasteiger partial charge in [0, 0.05) is 22.7 Å². The summed E-state index contributed by atoms with van der Waals surface area (Å²) in [6, 6.07) is 5.70. The highest BCUT2D eigenvalue weighted by Gasteiger charge is 2.24. The van der Waals surface area contributed by atoms with E-state index in [9.17, 15) is 4.79 Å². The number of carbonyl (C=O) groups is 1. The molecule has 1 saturated heterocycles. The molecule has 3 nitrogen and oxygen atoms in total. The van der Waals surface area contributed by atoms with Crippen LogP contribution in [0.3, 0.4) is 0 Å². The highest BCUT2D eigenvalue weighted by molar-refractivity contribution is 9.10. The zero-order valence-corrected chi connectivity index (χ0v) is 12.2. The third-order valence-electron chi connectivity index (χ3n) is 3.53. The Bertz CT molecular complexity index is 447. The predicted octanol–water partition coefficient (Wildman–Crippen LogP) is 3.44. The monoisotopic (exact) mass is 310 g/mol. The van der Waals surface area contributed by atoms with Crippen molar-refractivity contribution in [2.75, 3.05) is 12.3 Å². The molecule has 1 aliphatic heterocycles. The van der Waals surface area contributed by atoms with Crippen LogP contribution in [0, 0.1) is 0 Å². The van der Waals surface area contributed by atoms with Crippen LogP contribution >= 0.6 is 15.9 Å². The van der Waals surface area contributed by atoms with Gasteiger partial charge in [0.15, 0.2) is 0 Å². The maximum Gasteiger partial charge on any atom is 0.255 e. The van der Waals surface area contributed by atoms with Crippen LogP contribution in [-0.2, 0) is 0 Å². The van der Waals surface area contributed by atoms with Gasteiger partial charge in [-0.15, -0.1) is 0 Å². The number of anilines is 1. The molecule has 2 N–H and O–H groups in total. The smallest absolute Gasteiger partial charge is 0.255 e. The van der Waals surface area contributed by atoms with Gasteiger partial charge in [-0.1, -0.05) is 12.8 Å². The van der Waals surface area contributed by atoms with Crippen molar-refractivity contribution in [2.24, 2.45) is 0 Å². The van der Waals surface area contributed by atoms with Crippen molar-refractivity contribution in [1.82, 2.24) is 4.90 Å². The van der Waals surface area contributed by atoms with Crippen molar-refractivity contribution in [3.63, 3.8) is 0 Å². The molecule has 0 bridgehead atoms.